The van der Waals surface area contributed by atoms with Crippen molar-refractivity contribution in [2.45, 2.75) is 12.8 Å². The number of methoxy groups -OCH3 is 2. The van der Waals surface area contributed by atoms with Crippen molar-refractivity contribution in [1.29, 1.82) is 0 Å². The largest absolute Gasteiger partial charge is 0.496 e. The van der Waals surface area contributed by atoms with Crippen LogP contribution in [0.5, 0.6) is 11.5 Å². The van der Waals surface area contributed by atoms with Crippen LogP contribution in [0, 0.1) is 0 Å². The molecule has 0 amide bonds. The number of fused-ring (bicyclic) bond motifs is 1. The van der Waals surface area contributed by atoms with Crippen LogP contribution in [0.25, 0.3) is 10.9 Å². The second kappa shape index (κ2) is 6.57. The van der Waals surface area contributed by atoms with E-state index in [2.05, 4.69) is 17.1 Å². The monoisotopic (exact) mass is 309 g/mol. The Labute approximate surface area is 134 Å². The number of ether oxygens (including phenoxy) is 2. The maximum Gasteiger partial charge on any atom is 0.248 e. The van der Waals surface area contributed by atoms with Crippen LogP contribution in [0.15, 0.2) is 53.3 Å². The molecule has 1 N–H and O–H groups in total. The van der Waals surface area contributed by atoms with E-state index in [1.807, 2.05) is 24.3 Å². The van der Waals surface area contributed by atoms with E-state index in [0.717, 1.165) is 29.5 Å². The Morgan fingerprint density at radius 2 is 1.61 bits per heavy atom. The summed E-state index contributed by atoms with van der Waals surface area (Å²) in [4.78, 5) is 14.9. The molecule has 0 fully saturated rings. The maximum atomic E-state index is 12.0. The summed E-state index contributed by atoms with van der Waals surface area (Å²) in [5, 5.41) is 0.905. The van der Waals surface area contributed by atoms with E-state index in [-0.39, 0.29) is 5.56 Å². The molecule has 3 rings (SSSR count). The van der Waals surface area contributed by atoms with Crippen LogP contribution in [-0.4, -0.2) is 19.2 Å². The smallest absolute Gasteiger partial charge is 0.248 e. The molecule has 2 aromatic carbocycles. The predicted octanol–water partition coefficient (Wildman–Crippen LogP) is 3.33. The number of benzene rings is 2. The summed E-state index contributed by atoms with van der Waals surface area (Å²) in [7, 11) is 3.23. The van der Waals surface area contributed by atoms with Crippen LogP contribution in [0.3, 0.4) is 0 Å². The minimum absolute atomic E-state index is 0.132. The Hall–Kier alpha value is -2.75. The average Bonchev–Trinajstić information content (AvgIpc) is 2.59. The highest BCUT2D eigenvalue weighted by Gasteiger charge is 2.13. The minimum Gasteiger partial charge on any atom is -0.496 e. The van der Waals surface area contributed by atoms with Gasteiger partial charge in [-0.1, -0.05) is 30.3 Å². The van der Waals surface area contributed by atoms with Gasteiger partial charge in [0.2, 0.25) is 5.56 Å². The second-order valence-electron chi connectivity index (χ2n) is 5.36. The van der Waals surface area contributed by atoms with E-state index in [1.54, 1.807) is 26.4 Å². The van der Waals surface area contributed by atoms with E-state index in [4.69, 9.17) is 9.47 Å². The van der Waals surface area contributed by atoms with Gasteiger partial charge in [-0.25, -0.2) is 0 Å². The molecule has 0 bridgehead atoms. The predicted molar refractivity (Wildman–Crippen MR) is 91.5 cm³/mol. The normalized spacial score (nSPS) is 10.7. The van der Waals surface area contributed by atoms with Gasteiger partial charge in [0.25, 0.3) is 0 Å². The number of pyridine rings is 1. The van der Waals surface area contributed by atoms with Crippen molar-refractivity contribution in [3.05, 3.63) is 70.0 Å². The zero-order valence-corrected chi connectivity index (χ0v) is 13.3. The fraction of sp³-hybridized carbons (Fsp3) is 0.211. The lowest BCUT2D eigenvalue weighted by atomic mass is 10.00. The first-order chi connectivity index (χ1) is 11.2. The van der Waals surface area contributed by atoms with Crippen LogP contribution in [-0.2, 0) is 12.8 Å². The van der Waals surface area contributed by atoms with Crippen molar-refractivity contribution in [2.24, 2.45) is 0 Å². The van der Waals surface area contributed by atoms with Crippen LogP contribution >= 0.6 is 0 Å². The Morgan fingerprint density at radius 1 is 0.913 bits per heavy atom. The van der Waals surface area contributed by atoms with Gasteiger partial charge in [-0.15, -0.1) is 0 Å². The number of hydrogen-bond acceptors (Lipinski definition) is 3. The Morgan fingerprint density at radius 3 is 2.30 bits per heavy atom. The number of aromatic nitrogens is 1. The number of nitrogens with one attached hydrogen (secondary N) is 1. The van der Waals surface area contributed by atoms with Gasteiger partial charge in [0.15, 0.2) is 0 Å². The van der Waals surface area contributed by atoms with Gasteiger partial charge in [0, 0.05) is 11.5 Å². The molecule has 4 nitrogen and oxygen atoms in total. The van der Waals surface area contributed by atoms with Crippen LogP contribution in [0.2, 0.25) is 0 Å². The molecule has 0 aliphatic heterocycles. The van der Waals surface area contributed by atoms with E-state index in [9.17, 15) is 4.79 Å². The fourth-order valence-corrected chi connectivity index (χ4v) is 2.86. The first-order valence-electron chi connectivity index (χ1n) is 7.53. The highest BCUT2D eigenvalue weighted by molar-refractivity contribution is 5.92. The summed E-state index contributed by atoms with van der Waals surface area (Å²) in [6.07, 6.45) is 1.62. The van der Waals surface area contributed by atoms with Gasteiger partial charge < -0.3 is 14.5 Å². The van der Waals surface area contributed by atoms with E-state index in [0.29, 0.717) is 11.3 Å². The number of hydrogen-bond donors (Lipinski definition) is 1. The number of rotatable bonds is 5. The zero-order valence-electron chi connectivity index (χ0n) is 13.3. The first-order valence-corrected chi connectivity index (χ1v) is 7.53. The van der Waals surface area contributed by atoms with Gasteiger partial charge in [0.1, 0.15) is 11.5 Å². The highest BCUT2D eigenvalue weighted by Crippen LogP contribution is 2.33. The molecule has 0 aliphatic rings. The van der Waals surface area contributed by atoms with Crippen LogP contribution < -0.4 is 15.0 Å². The molecule has 0 saturated heterocycles. The van der Waals surface area contributed by atoms with Gasteiger partial charge >= 0.3 is 0 Å². The molecule has 118 valence electrons. The van der Waals surface area contributed by atoms with E-state index in [1.165, 1.54) is 5.56 Å². The van der Waals surface area contributed by atoms with Crippen molar-refractivity contribution in [1.82, 2.24) is 4.98 Å². The molecule has 3 aromatic rings. The summed E-state index contributed by atoms with van der Waals surface area (Å²) in [6.45, 7) is 0. The van der Waals surface area contributed by atoms with E-state index >= 15 is 0 Å². The number of aryl methyl sites for hydroxylation is 2. The van der Waals surface area contributed by atoms with Crippen molar-refractivity contribution in [3.8, 4) is 11.5 Å². The zero-order chi connectivity index (χ0) is 16.2. The molecule has 23 heavy (non-hydrogen) atoms. The molecule has 0 saturated carbocycles. The lowest BCUT2D eigenvalue weighted by Gasteiger charge is -2.13. The standard InChI is InChI=1S/C19H19NO3/c1-22-15-10-11-16(23-2)19-18(15)14(12-17(21)20-19)9-8-13-6-4-3-5-7-13/h3-7,10-12H,8-9H2,1-2H3,(H,20,21). The Bertz CT molecular complexity index is 869. The quantitative estimate of drug-likeness (QED) is 0.786. The van der Waals surface area contributed by atoms with Crippen LogP contribution in [0.4, 0.5) is 0 Å². The minimum atomic E-state index is -0.132. The van der Waals surface area contributed by atoms with Crippen molar-refractivity contribution in [2.75, 3.05) is 14.2 Å². The third-order valence-electron chi connectivity index (χ3n) is 3.97. The molecule has 0 atom stereocenters. The first kappa shape index (κ1) is 15.2. The average molecular weight is 309 g/mol. The Kier molecular flexibility index (Phi) is 4.33. The molecular weight excluding hydrogens is 290 g/mol. The van der Waals surface area contributed by atoms with Crippen molar-refractivity contribution in [3.63, 3.8) is 0 Å². The van der Waals surface area contributed by atoms with Crippen LogP contribution in [0.1, 0.15) is 11.1 Å². The lowest BCUT2D eigenvalue weighted by Crippen LogP contribution is -2.09. The molecule has 0 aliphatic carbocycles. The SMILES string of the molecule is COc1ccc(OC)c2c(CCc3ccccc3)cc(=O)[nH]c12. The van der Waals surface area contributed by atoms with Crippen molar-refractivity contribution >= 4 is 10.9 Å². The summed E-state index contributed by atoms with van der Waals surface area (Å²) in [5.41, 5.74) is 2.75. The maximum absolute atomic E-state index is 12.0. The molecular formula is C19H19NO3. The molecule has 1 aromatic heterocycles. The van der Waals surface area contributed by atoms with E-state index < -0.39 is 0 Å². The molecule has 0 spiro atoms. The Balaban J connectivity index is 2.10. The molecule has 4 heteroatoms. The topological polar surface area (TPSA) is 51.3 Å². The van der Waals surface area contributed by atoms with Gasteiger partial charge in [-0.2, -0.15) is 0 Å². The summed E-state index contributed by atoms with van der Waals surface area (Å²) >= 11 is 0. The third kappa shape index (κ3) is 3.06. The van der Waals surface area contributed by atoms with Gasteiger partial charge in [-0.05, 0) is 36.1 Å². The van der Waals surface area contributed by atoms with Gasteiger partial charge in [0.05, 0.1) is 19.7 Å². The molecule has 1 heterocycles. The fourth-order valence-electron chi connectivity index (χ4n) is 2.86. The number of H-pyrrole nitrogens is 1. The molecule has 0 unspecified atom stereocenters. The lowest BCUT2D eigenvalue weighted by molar-refractivity contribution is 0.409. The van der Waals surface area contributed by atoms with Gasteiger partial charge in [-0.3, -0.25) is 4.79 Å². The summed E-state index contributed by atoms with van der Waals surface area (Å²) in [6, 6.07) is 15.5. The number of aromatic amines is 1. The summed E-state index contributed by atoms with van der Waals surface area (Å²) < 4.78 is 10.9. The third-order valence-corrected chi connectivity index (χ3v) is 3.97. The molecule has 0 radical (unpaired) electrons. The second-order valence-corrected chi connectivity index (χ2v) is 5.36. The van der Waals surface area contributed by atoms with Crippen molar-refractivity contribution < 1.29 is 9.47 Å². The highest BCUT2D eigenvalue weighted by atomic mass is 16.5. The summed E-state index contributed by atoms with van der Waals surface area (Å²) in [5.74, 6) is 1.37.